The van der Waals surface area contributed by atoms with Crippen molar-refractivity contribution in [2.75, 3.05) is 60.0 Å². The standard InChI is InChI=1S/C14H27N3O2/c1-15(2)10-13-11-16(8-9-19-13)12-14(18)17-6-4-3-5-7-17/h13H,3-12H2,1-2H3/t13-/m0/s1. The molecule has 0 aromatic heterocycles. The first-order valence-electron chi connectivity index (χ1n) is 7.41. The van der Waals surface area contributed by atoms with E-state index in [2.05, 4.69) is 23.9 Å². The maximum atomic E-state index is 12.2. The number of morpholine rings is 1. The molecule has 2 aliphatic rings. The van der Waals surface area contributed by atoms with E-state index < -0.39 is 0 Å². The van der Waals surface area contributed by atoms with Crippen molar-refractivity contribution >= 4 is 5.91 Å². The first-order valence-corrected chi connectivity index (χ1v) is 7.41. The van der Waals surface area contributed by atoms with Gasteiger partial charge in [0, 0.05) is 32.7 Å². The van der Waals surface area contributed by atoms with E-state index in [1.165, 1.54) is 6.42 Å². The second kappa shape index (κ2) is 7.22. The van der Waals surface area contributed by atoms with Crippen molar-refractivity contribution in [1.82, 2.24) is 14.7 Å². The average molecular weight is 269 g/mol. The van der Waals surface area contributed by atoms with Crippen molar-refractivity contribution in [3.8, 4) is 0 Å². The van der Waals surface area contributed by atoms with Crippen molar-refractivity contribution in [3.05, 3.63) is 0 Å². The Hall–Kier alpha value is -0.650. The largest absolute Gasteiger partial charge is 0.374 e. The molecule has 0 spiro atoms. The van der Waals surface area contributed by atoms with E-state index in [1.807, 2.05) is 4.90 Å². The quantitative estimate of drug-likeness (QED) is 0.733. The van der Waals surface area contributed by atoms with Gasteiger partial charge in [0.15, 0.2) is 0 Å². The van der Waals surface area contributed by atoms with E-state index in [0.29, 0.717) is 12.5 Å². The van der Waals surface area contributed by atoms with Crippen molar-refractivity contribution < 1.29 is 9.53 Å². The Morgan fingerprint density at radius 1 is 1.21 bits per heavy atom. The third-order valence-electron chi connectivity index (χ3n) is 3.86. The summed E-state index contributed by atoms with van der Waals surface area (Å²) in [6.45, 7) is 5.88. The van der Waals surface area contributed by atoms with Gasteiger partial charge in [0.05, 0.1) is 19.3 Å². The van der Waals surface area contributed by atoms with Crippen molar-refractivity contribution in [1.29, 1.82) is 0 Å². The van der Waals surface area contributed by atoms with E-state index in [0.717, 1.165) is 52.2 Å². The van der Waals surface area contributed by atoms with Gasteiger partial charge in [0.2, 0.25) is 5.91 Å². The topological polar surface area (TPSA) is 36.0 Å². The molecule has 2 aliphatic heterocycles. The number of nitrogens with zero attached hydrogens (tertiary/aromatic N) is 3. The highest BCUT2D eigenvalue weighted by molar-refractivity contribution is 5.78. The fourth-order valence-corrected chi connectivity index (χ4v) is 2.88. The lowest BCUT2D eigenvalue weighted by atomic mass is 10.1. The van der Waals surface area contributed by atoms with E-state index in [9.17, 15) is 4.79 Å². The van der Waals surface area contributed by atoms with Gasteiger partial charge in [0.25, 0.3) is 0 Å². The number of carbonyl (C=O) groups is 1. The van der Waals surface area contributed by atoms with Crippen molar-refractivity contribution in [2.24, 2.45) is 0 Å². The summed E-state index contributed by atoms with van der Waals surface area (Å²) in [6.07, 6.45) is 3.83. The first-order chi connectivity index (χ1) is 9.15. The second-order valence-electron chi connectivity index (χ2n) is 5.93. The molecule has 1 atom stereocenters. The molecule has 2 fully saturated rings. The van der Waals surface area contributed by atoms with Crippen LogP contribution in [0.15, 0.2) is 0 Å². The van der Waals surface area contributed by atoms with Crippen LogP contribution >= 0.6 is 0 Å². The van der Waals surface area contributed by atoms with Gasteiger partial charge in [-0.15, -0.1) is 0 Å². The molecule has 19 heavy (non-hydrogen) atoms. The lowest BCUT2D eigenvalue weighted by molar-refractivity contribution is -0.135. The molecule has 110 valence electrons. The number of ether oxygens (including phenoxy) is 1. The fourth-order valence-electron chi connectivity index (χ4n) is 2.88. The van der Waals surface area contributed by atoms with E-state index in [-0.39, 0.29) is 6.10 Å². The summed E-state index contributed by atoms with van der Waals surface area (Å²) in [7, 11) is 4.11. The molecule has 0 aromatic rings. The van der Waals surface area contributed by atoms with E-state index in [4.69, 9.17) is 4.74 Å². The molecule has 0 bridgehead atoms. The molecule has 0 radical (unpaired) electrons. The molecular weight excluding hydrogens is 242 g/mol. The smallest absolute Gasteiger partial charge is 0.236 e. The highest BCUT2D eigenvalue weighted by Crippen LogP contribution is 2.11. The maximum Gasteiger partial charge on any atom is 0.236 e. The summed E-state index contributed by atoms with van der Waals surface area (Å²) in [4.78, 5) is 18.6. The zero-order chi connectivity index (χ0) is 13.7. The highest BCUT2D eigenvalue weighted by atomic mass is 16.5. The molecular formula is C14H27N3O2. The molecule has 1 amide bonds. The second-order valence-corrected chi connectivity index (χ2v) is 5.93. The Balaban J connectivity index is 1.76. The number of rotatable bonds is 4. The third-order valence-corrected chi connectivity index (χ3v) is 3.86. The van der Waals surface area contributed by atoms with Gasteiger partial charge in [0.1, 0.15) is 0 Å². The van der Waals surface area contributed by atoms with Gasteiger partial charge < -0.3 is 14.5 Å². The van der Waals surface area contributed by atoms with Crippen LogP contribution in [0.2, 0.25) is 0 Å². The van der Waals surface area contributed by atoms with Crippen LogP contribution in [0.25, 0.3) is 0 Å². The number of hydrogen-bond acceptors (Lipinski definition) is 4. The Bertz CT molecular complexity index is 290. The van der Waals surface area contributed by atoms with Gasteiger partial charge in [-0.25, -0.2) is 0 Å². The predicted molar refractivity (Wildman–Crippen MR) is 75.2 cm³/mol. The Kier molecular flexibility index (Phi) is 5.60. The summed E-state index contributed by atoms with van der Waals surface area (Å²) in [5.41, 5.74) is 0. The van der Waals surface area contributed by atoms with Crippen LogP contribution in [-0.4, -0.2) is 86.7 Å². The van der Waals surface area contributed by atoms with Gasteiger partial charge in [-0.3, -0.25) is 9.69 Å². The predicted octanol–water partition coefficient (Wildman–Crippen LogP) is 0.261. The summed E-state index contributed by atoms with van der Waals surface area (Å²) in [5, 5.41) is 0. The molecule has 0 aliphatic carbocycles. The van der Waals surface area contributed by atoms with E-state index in [1.54, 1.807) is 0 Å². The molecule has 0 unspecified atom stereocenters. The molecule has 5 nitrogen and oxygen atoms in total. The molecule has 0 aromatic carbocycles. The minimum Gasteiger partial charge on any atom is -0.374 e. The number of likely N-dealkylation sites (N-methyl/N-ethyl adjacent to an activating group) is 1. The first kappa shape index (κ1) is 14.8. The summed E-state index contributed by atoms with van der Waals surface area (Å²) >= 11 is 0. The lowest BCUT2D eigenvalue weighted by Crippen LogP contribution is -2.50. The molecule has 2 saturated heterocycles. The number of piperidine rings is 1. The van der Waals surface area contributed by atoms with E-state index >= 15 is 0 Å². The third kappa shape index (κ3) is 4.75. The average Bonchev–Trinajstić information content (AvgIpc) is 2.39. The normalized spacial score (nSPS) is 25.8. The van der Waals surface area contributed by atoms with Crippen molar-refractivity contribution in [2.45, 2.75) is 25.4 Å². The minimum atomic E-state index is 0.234. The van der Waals surface area contributed by atoms with Crippen LogP contribution in [0, 0.1) is 0 Å². The number of amides is 1. The Morgan fingerprint density at radius 3 is 2.63 bits per heavy atom. The monoisotopic (exact) mass is 269 g/mol. The number of likely N-dealkylation sites (tertiary alicyclic amines) is 1. The Morgan fingerprint density at radius 2 is 1.95 bits per heavy atom. The molecule has 0 saturated carbocycles. The van der Waals surface area contributed by atoms with Crippen LogP contribution in [0.4, 0.5) is 0 Å². The van der Waals surface area contributed by atoms with Gasteiger partial charge in [-0.1, -0.05) is 0 Å². The van der Waals surface area contributed by atoms with Crippen molar-refractivity contribution in [3.63, 3.8) is 0 Å². The zero-order valence-corrected chi connectivity index (χ0v) is 12.3. The summed E-state index contributed by atoms with van der Waals surface area (Å²) < 4.78 is 5.74. The van der Waals surface area contributed by atoms with Crippen LogP contribution < -0.4 is 0 Å². The highest BCUT2D eigenvalue weighted by Gasteiger charge is 2.25. The van der Waals surface area contributed by atoms with Crippen LogP contribution in [0.5, 0.6) is 0 Å². The molecule has 0 N–H and O–H groups in total. The van der Waals surface area contributed by atoms with Crippen LogP contribution in [-0.2, 0) is 9.53 Å². The molecule has 2 heterocycles. The summed E-state index contributed by atoms with van der Waals surface area (Å²) in [6, 6.07) is 0. The van der Waals surface area contributed by atoms with Crippen LogP contribution in [0.3, 0.4) is 0 Å². The minimum absolute atomic E-state index is 0.234. The zero-order valence-electron chi connectivity index (χ0n) is 12.3. The van der Waals surface area contributed by atoms with Gasteiger partial charge in [-0.05, 0) is 33.4 Å². The molecule has 5 heteroatoms. The number of carbonyl (C=O) groups excluding carboxylic acids is 1. The van der Waals surface area contributed by atoms with Gasteiger partial charge in [-0.2, -0.15) is 0 Å². The van der Waals surface area contributed by atoms with Gasteiger partial charge >= 0.3 is 0 Å². The Labute approximate surface area is 116 Å². The lowest BCUT2D eigenvalue weighted by Gasteiger charge is -2.35. The van der Waals surface area contributed by atoms with Crippen LogP contribution in [0.1, 0.15) is 19.3 Å². The number of hydrogen-bond donors (Lipinski definition) is 0. The SMILES string of the molecule is CN(C)C[C@H]1CN(CC(=O)N2CCCCC2)CCO1. The molecule has 2 rings (SSSR count). The fraction of sp³-hybridized carbons (Fsp3) is 0.929. The summed E-state index contributed by atoms with van der Waals surface area (Å²) in [5.74, 6) is 0.296. The maximum absolute atomic E-state index is 12.2.